The summed E-state index contributed by atoms with van der Waals surface area (Å²) >= 11 is 0. The van der Waals surface area contributed by atoms with Gasteiger partial charge in [-0.15, -0.1) is 0 Å². The third-order valence-corrected chi connectivity index (χ3v) is 3.69. The fourth-order valence-electron chi connectivity index (χ4n) is 2.70. The third kappa shape index (κ3) is 1.58. The van der Waals surface area contributed by atoms with Crippen LogP contribution in [-0.2, 0) is 0 Å². The molecular weight excluding hydrogens is 238 g/mol. The molecule has 3 aromatic rings. The van der Waals surface area contributed by atoms with E-state index in [1.807, 2.05) is 12.1 Å². The molecule has 3 rings (SSSR count). The first-order chi connectivity index (χ1) is 9.17. The smallest absolute Gasteiger partial charge is 0.143 e. The van der Waals surface area contributed by atoms with E-state index in [0.29, 0.717) is 0 Å². The predicted molar refractivity (Wildman–Crippen MR) is 78.4 cm³/mol. The van der Waals surface area contributed by atoms with Crippen molar-refractivity contribution in [1.82, 2.24) is 4.98 Å². The number of rotatable bonds is 2. The van der Waals surface area contributed by atoms with Crippen molar-refractivity contribution in [3.8, 4) is 11.5 Å². The van der Waals surface area contributed by atoms with Gasteiger partial charge in [0, 0.05) is 10.9 Å². The normalized spacial score (nSPS) is 11.2. The Morgan fingerprint density at radius 2 is 1.37 bits per heavy atom. The van der Waals surface area contributed by atoms with Gasteiger partial charge >= 0.3 is 0 Å². The van der Waals surface area contributed by atoms with Crippen LogP contribution in [0, 0.1) is 13.8 Å². The molecule has 0 amide bonds. The summed E-state index contributed by atoms with van der Waals surface area (Å²) < 4.78 is 11.0. The van der Waals surface area contributed by atoms with Crippen LogP contribution in [0.3, 0.4) is 0 Å². The highest BCUT2D eigenvalue weighted by atomic mass is 16.5. The van der Waals surface area contributed by atoms with Crippen molar-refractivity contribution in [2.45, 2.75) is 13.8 Å². The van der Waals surface area contributed by atoms with Gasteiger partial charge in [-0.05, 0) is 37.1 Å². The highest BCUT2D eigenvalue weighted by Gasteiger charge is 2.16. The molecule has 98 valence electrons. The molecule has 0 unspecified atom stereocenters. The van der Waals surface area contributed by atoms with Gasteiger partial charge in [0.25, 0.3) is 0 Å². The molecule has 1 aromatic heterocycles. The second-order valence-corrected chi connectivity index (χ2v) is 4.79. The molecule has 0 aliphatic heterocycles. The molecule has 0 bridgehead atoms. The van der Waals surface area contributed by atoms with Crippen molar-refractivity contribution in [3.63, 3.8) is 0 Å². The van der Waals surface area contributed by atoms with Crippen molar-refractivity contribution in [2.75, 3.05) is 14.2 Å². The number of fused-ring (bicyclic) bond motifs is 3. The molecule has 0 aliphatic rings. The van der Waals surface area contributed by atoms with E-state index in [0.717, 1.165) is 27.9 Å². The molecule has 2 aromatic carbocycles. The molecule has 0 radical (unpaired) electrons. The second kappa shape index (κ2) is 4.19. The predicted octanol–water partition coefficient (Wildman–Crippen LogP) is 3.96. The third-order valence-electron chi connectivity index (χ3n) is 3.69. The zero-order chi connectivity index (χ0) is 13.6. The zero-order valence-electron chi connectivity index (χ0n) is 11.6. The van der Waals surface area contributed by atoms with Crippen molar-refractivity contribution < 1.29 is 9.47 Å². The highest BCUT2D eigenvalue weighted by Crippen LogP contribution is 2.40. The summed E-state index contributed by atoms with van der Waals surface area (Å²) in [5.74, 6) is 1.71. The number of nitrogens with one attached hydrogen (secondary N) is 1. The molecule has 3 heteroatoms. The van der Waals surface area contributed by atoms with Gasteiger partial charge in [0.2, 0.25) is 0 Å². The van der Waals surface area contributed by atoms with E-state index in [1.54, 1.807) is 14.2 Å². The van der Waals surface area contributed by atoms with Crippen LogP contribution in [0.1, 0.15) is 11.1 Å². The topological polar surface area (TPSA) is 34.2 Å². The van der Waals surface area contributed by atoms with Gasteiger partial charge in [0.15, 0.2) is 0 Å². The number of ether oxygens (including phenoxy) is 2. The Morgan fingerprint density at radius 3 is 2.05 bits per heavy atom. The first-order valence-corrected chi connectivity index (χ1v) is 6.30. The molecule has 0 saturated carbocycles. The largest absolute Gasteiger partial charge is 0.496 e. The maximum atomic E-state index is 5.51. The Balaban J connectivity index is 2.60. The first-order valence-electron chi connectivity index (χ1n) is 6.30. The van der Waals surface area contributed by atoms with E-state index in [4.69, 9.17) is 9.47 Å². The summed E-state index contributed by atoms with van der Waals surface area (Å²) in [6.45, 7) is 4.23. The monoisotopic (exact) mass is 255 g/mol. The van der Waals surface area contributed by atoms with E-state index >= 15 is 0 Å². The van der Waals surface area contributed by atoms with E-state index in [9.17, 15) is 0 Å². The van der Waals surface area contributed by atoms with Gasteiger partial charge in [-0.2, -0.15) is 0 Å². The lowest BCUT2D eigenvalue weighted by atomic mass is 10.0. The summed E-state index contributed by atoms with van der Waals surface area (Å²) in [6.07, 6.45) is 0. The lowest BCUT2D eigenvalue weighted by Crippen LogP contribution is -1.88. The van der Waals surface area contributed by atoms with Crippen molar-refractivity contribution >= 4 is 21.8 Å². The fourth-order valence-corrected chi connectivity index (χ4v) is 2.70. The lowest BCUT2D eigenvalue weighted by Gasteiger charge is -2.07. The van der Waals surface area contributed by atoms with Gasteiger partial charge in [0.05, 0.1) is 25.1 Å². The van der Waals surface area contributed by atoms with Crippen LogP contribution in [0.4, 0.5) is 0 Å². The average molecular weight is 255 g/mol. The number of aromatic amines is 1. The summed E-state index contributed by atoms with van der Waals surface area (Å²) in [4.78, 5) is 3.48. The Kier molecular flexibility index (Phi) is 2.63. The van der Waals surface area contributed by atoms with Gasteiger partial charge in [-0.1, -0.05) is 12.1 Å². The number of methoxy groups -OCH3 is 2. The molecule has 3 nitrogen and oxygen atoms in total. The second-order valence-electron chi connectivity index (χ2n) is 4.79. The molecular formula is C16H17NO2. The van der Waals surface area contributed by atoms with E-state index in [2.05, 4.69) is 31.0 Å². The molecule has 1 heterocycles. The van der Waals surface area contributed by atoms with Crippen molar-refractivity contribution in [3.05, 3.63) is 35.4 Å². The average Bonchev–Trinajstić information content (AvgIpc) is 2.83. The molecule has 1 N–H and O–H groups in total. The number of benzene rings is 2. The van der Waals surface area contributed by atoms with Crippen LogP contribution in [0.25, 0.3) is 21.8 Å². The maximum absolute atomic E-state index is 5.51. The first kappa shape index (κ1) is 11.9. The molecule has 19 heavy (non-hydrogen) atoms. The fraction of sp³-hybridized carbons (Fsp3) is 0.250. The minimum absolute atomic E-state index is 0.839. The number of hydrogen-bond acceptors (Lipinski definition) is 2. The zero-order valence-corrected chi connectivity index (χ0v) is 11.6. The summed E-state index contributed by atoms with van der Waals surface area (Å²) in [5.41, 5.74) is 4.60. The van der Waals surface area contributed by atoms with Crippen molar-refractivity contribution in [2.24, 2.45) is 0 Å². The molecule has 0 saturated heterocycles. The standard InChI is InChI=1S/C16H17NO2/c1-9-5-6-10(2)15-13(9)14-11(18-3)7-8-12(19-4)16(14)17-15/h5-8,17H,1-4H3. The number of aromatic nitrogens is 1. The Bertz CT molecular complexity index is 771. The van der Waals surface area contributed by atoms with Crippen LogP contribution in [0.5, 0.6) is 11.5 Å². The number of H-pyrrole nitrogens is 1. The summed E-state index contributed by atoms with van der Waals surface area (Å²) in [7, 11) is 3.39. The number of aryl methyl sites for hydroxylation is 2. The molecule has 0 atom stereocenters. The Labute approximate surface area is 112 Å². The maximum Gasteiger partial charge on any atom is 0.143 e. The SMILES string of the molecule is COc1ccc(OC)c2c1[nH]c1c(C)ccc(C)c12. The summed E-state index contributed by atoms with van der Waals surface area (Å²) in [6, 6.07) is 8.16. The van der Waals surface area contributed by atoms with Crippen LogP contribution < -0.4 is 9.47 Å². The van der Waals surface area contributed by atoms with Gasteiger partial charge in [-0.3, -0.25) is 0 Å². The minimum Gasteiger partial charge on any atom is -0.496 e. The van der Waals surface area contributed by atoms with Crippen molar-refractivity contribution in [1.29, 1.82) is 0 Å². The highest BCUT2D eigenvalue weighted by molar-refractivity contribution is 6.14. The van der Waals surface area contributed by atoms with Gasteiger partial charge in [-0.25, -0.2) is 0 Å². The van der Waals surface area contributed by atoms with E-state index < -0.39 is 0 Å². The van der Waals surface area contributed by atoms with Crippen LogP contribution in [0.2, 0.25) is 0 Å². The lowest BCUT2D eigenvalue weighted by molar-refractivity contribution is 0.410. The Morgan fingerprint density at radius 1 is 0.737 bits per heavy atom. The molecule has 0 fully saturated rings. The Hall–Kier alpha value is -2.16. The molecule has 0 spiro atoms. The van der Waals surface area contributed by atoms with Crippen LogP contribution >= 0.6 is 0 Å². The molecule has 0 aliphatic carbocycles. The van der Waals surface area contributed by atoms with Crippen LogP contribution in [-0.4, -0.2) is 19.2 Å². The quantitative estimate of drug-likeness (QED) is 0.752. The van der Waals surface area contributed by atoms with Gasteiger partial charge < -0.3 is 14.5 Å². The van der Waals surface area contributed by atoms with Crippen LogP contribution in [0.15, 0.2) is 24.3 Å². The van der Waals surface area contributed by atoms with Gasteiger partial charge in [0.1, 0.15) is 11.5 Å². The number of hydrogen-bond donors (Lipinski definition) is 1. The summed E-state index contributed by atoms with van der Waals surface area (Å²) in [5, 5.41) is 2.31. The minimum atomic E-state index is 0.839. The van der Waals surface area contributed by atoms with E-state index in [-0.39, 0.29) is 0 Å². The van der Waals surface area contributed by atoms with E-state index in [1.165, 1.54) is 16.5 Å².